The second-order valence-electron chi connectivity index (χ2n) is 9.21. The van der Waals surface area contributed by atoms with E-state index < -0.39 is 0 Å². The van der Waals surface area contributed by atoms with Crippen molar-refractivity contribution in [1.82, 2.24) is 19.5 Å². The van der Waals surface area contributed by atoms with Crippen LogP contribution in [0.15, 0.2) is 66.9 Å². The first-order valence-electron chi connectivity index (χ1n) is 12.3. The highest BCUT2D eigenvalue weighted by molar-refractivity contribution is 6.30. The third-order valence-corrected chi connectivity index (χ3v) is 7.20. The summed E-state index contributed by atoms with van der Waals surface area (Å²) >= 11 is 6.20. The van der Waals surface area contributed by atoms with Crippen LogP contribution in [-0.2, 0) is 4.74 Å². The molecule has 4 heterocycles. The minimum Gasteiger partial charge on any atom is -0.379 e. The number of hydrogen-bond donors (Lipinski definition) is 1. The highest BCUT2D eigenvalue weighted by Gasteiger charge is 2.26. The van der Waals surface area contributed by atoms with Crippen LogP contribution in [0.5, 0.6) is 0 Å². The summed E-state index contributed by atoms with van der Waals surface area (Å²) in [5.74, 6) is 0.551. The zero-order valence-electron chi connectivity index (χ0n) is 19.6. The molecule has 2 aromatic heterocycles. The summed E-state index contributed by atoms with van der Waals surface area (Å²) in [4.78, 5) is 9.61. The zero-order chi connectivity index (χ0) is 23.6. The standard InChI is InChI=1S/C27H29ClN6O/c28-21-4-1-3-20(17-21)26-11-10-24-18-29-27(31-34(24)26)30-22-6-8-23(9-7-22)33-12-2-5-25(19-33)32-13-15-35-16-14-32/h1,3-4,6-11,17-18,25H,2,5,12-16,19H2,(H,30,31). The Morgan fingerprint density at radius 1 is 0.971 bits per heavy atom. The van der Waals surface area contributed by atoms with Crippen molar-refractivity contribution < 1.29 is 4.74 Å². The summed E-state index contributed by atoms with van der Waals surface area (Å²) in [5, 5.41) is 8.80. The fourth-order valence-electron chi connectivity index (χ4n) is 5.14. The fraction of sp³-hybridized carbons (Fsp3) is 0.333. The summed E-state index contributed by atoms with van der Waals surface area (Å²) in [7, 11) is 0. The zero-order valence-corrected chi connectivity index (χ0v) is 20.4. The first-order chi connectivity index (χ1) is 17.2. The molecule has 1 unspecified atom stereocenters. The molecule has 0 aliphatic carbocycles. The van der Waals surface area contributed by atoms with Gasteiger partial charge in [0.2, 0.25) is 5.95 Å². The van der Waals surface area contributed by atoms with Crippen LogP contribution in [0.1, 0.15) is 12.8 Å². The average Bonchev–Trinajstić information content (AvgIpc) is 3.33. The highest BCUT2D eigenvalue weighted by atomic mass is 35.5. The van der Waals surface area contributed by atoms with Gasteiger partial charge in [0.25, 0.3) is 0 Å². The van der Waals surface area contributed by atoms with Gasteiger partial charge in [-0.05, 0) is 61.4 Å². The smallest absolute Gasteiger partial charge is 0.245 e. The monoisotopic (exact) mass is 488 g/mol. The van der Waals surface area contributed by atoms with Crippen molar-refractivity contribution in [3.63, 3.8) is 0 Å². The van der Waals surface area contributed by atoms with Crippen LogP contribution in [0.4, 0.5) is 17.3 Å². The maximum Gasteiger partial charge on any atom is 0.245 e. The largest absolute Gasteiger partial charge is 0.379 e. The van der Waals surface area contributed by atoms with Crippen LogP contribution in [0.2, 0.25) is 5.02 Å². The molecule has 2 aromatic carbocycles. The Labute approximate surface area is 210 Å². The van der Waals surface area contributed by atoms with Crippen molar-refractivity contribution in [2.24, 2.45) is 0 Å². The van der Waals surface area contributed by atoms with Gasteiger partial charge in [0.05, 0.1) is 30.6 Å². The number of rotatable bonds is 5. The lowest BCUT2D eigenvalue weighted by Gasteiger charge is -2.41. The van der Waals surface area contributed by atoms with Crippen LogP contribution in [0.25, 0.3) is 16.8 Å². The maximum absolute atomic E-state index is 6.20. The number of nitrogens with one attached hydrogen (secondary N) is 1. The number of halogens is 1. The van der Waals surface area contributed by atoms with Gasteiger partial charge in [-0.1, -0.05) is 23.7 Å². The van der Waals surface area contributed by atoms with E-state index in [0.29, 0.717) is 17.0 Å². The quantitative estimate of drug-likeness (QED) is 0.422. The van der Waals surface area contributed by atoms with Crippen LogP contribution < -0.4 is 10.2 Å². The van der Waals surface area contributed by atoms with E-state index in [1.165, 1.54) is 18.5 Å². The molecule has 2 aliphatic heterocycles. The lowest BCUT2D eigenvalue weighted by Crippen LogP contribution is -2.51. The molecule has 1 atom stereocenters. The normalized spacial score (nSPS) is 19.2. The number of aromatic nitrogens is 3. The van der Waals surface area contributed by atoms with Gasteiger partial charge >= 0.3 is 0 Å². The Hall–Kier alpha value is -3.13. The van der Waals surface area contributed by atoms with Crippen LogP contribution >= 0.6 is 11.6 Å². The maximum atomic E-state index is 6.20. The molecule has 0 spiro atoms. The fourth-order valence-corrected chi connectivity index (χ4v) is 5.33. The number of ether oxygens (including phenoxy) is 1. The summed E-state index contributed by atoms with van der Waals surface area (Å²) in [6.07, 6.45) is 4.32. The average molecular weight is 489 g/mol. The molecule has 0 bridgehead atoms. The molecule has 2 aliphatic rings. The Balaban J connectivity index is 1.17. The molecule has 35 heavy (non-hydrogen) atoms. The molecule has 1 N–H and O–H groups in total. The van der Waals surface area contributed by atoms with Crippen molar-refractivity contribution >= 4 is 34.4 Å². The van der Waals surface area contributed by atoms with Crippen molar-refractivity contribution in [3.05, 3.63) is 71.9 Å². The molecule has 7 nitrogen and oxygen atoms in total. The molecule has 0 amide bonds. The van der Waals surface area contributed by atoms with E-state index in [4.69, 9.17) is 21.4 Å². The summed E-state index contributed by atoms with van der Waals surface area (Å²) in [6, 6.07) is 21.1. The van der Waals surface area contributed by atoms with E-state index in [0.717, 1.165) is 61.9 Å². The van der Waals surface area contributed by atoms with Gasteiger partial charge in [-0.25, -0.2) is 9.50 Å². The molecule has 4 aromatic rings. The summed E-state index contributed by atoms with van der Waals surface area (Å²) < 4.78 is 7.44. The second kappa shape index (κ2) is 9.85. The van der Waals surface area contributed by atoms with E-state index in [1.807, 2.05) is 47.1 Å². The van der Waals surface area contributed by atoms with Crippen LogP contribution in [0, 0.1) is 0 Å². The lowest BCUT2D eigenvalue weighted by atomic mass is 10.0. The molecule has 180 valence electrons. The lowest BCUT2D eigenvalue weighted by molar-refractivity contribution is 0.0137. The number of piperidine rings is 1. The molecule has 0 saturated carbocycles. The van der Waals surface area contributed by atoms with Gasteiger partial charge in [-0.2, -0.15) is 0 Å². The van der Waals surface area contributed by atoms with Crippen molar-refractivity contribution in [3.8, 4) is 11.3 Å². The predicted molar refractivity (Wildman–Crippen MR) is 141 cm³/mol. The predicted octanol–water partition coefficient (Wildman–Crippen LogP) is 5.09. The third-order valence-electron chi connectivity index (χ3n) is 6.97. The van der Waals surface area contributed by atoms with E-state index in [-0.39, 0.29) is 0 Å². The van der Waals surface area contributed by atoms with Crippen molar-refractivity contribution in [1.29, 1.82) is 0 Å². The van der Waals surface area contributed by atoms with E-state index >= 15 is 0 Å². The van der Waals surface area contributed by atoms with Crippen molar-refractivity contribution in [2.45, 2.75) is 18.9 Å². The minimum absolute atomic E-state index is 0.551. The van der Waals surface area contributed by atoms with E-state index in [2.05, 4.69) is 44.4 Å². The van der Waals surface area contributed by atoms with Gasteiger partial charge in [0.15, 0.2) is 0 Å². The van der Waals surface area contributed by atoms with E-state index in [1.54, 1.807) is 0 Å². The van der Waals surface area contributed by atoms with Crippen molar-refractivity contribution in [2.75, 3.05) is 49.6 Å². The summed E-state index contributed by atoms with van der Waals surface area (Å²) in [6.45, 7) is 5.99. The van der Waals surface area contributed by atoms with Gasteiger partial charge in [-0.3, -0.25) is 4.90 Å². The molecule has 2 fully saturated rings. The summed E-state index contributed by atoms with van der Waals surface area (Å²) in [5.41, 5.74) is 5.15. The number of benzene rings is 2. The molecule has 2 saturated heterocycles. The highest BCUT2D eigenvalue weighted by Crippen LogP contribution is 2.27. The van der Waals surface area contributed by atoms with Crippen LogP contribution in [-0.4, -0.2) is 64.9 Å². The number of hydrogen-bond acceptors (Lipinski definition) is 6. The van der Waals surface area contributed by atoms with Gasteiger partial charge in [0, 0.05) is 54.2 Å². The Morgan fingerprint density at radius 3 is 2.66 bits per heavy atom. The van der Waals surface area contributed by atoms with Gasteiger partial charge in [0.1, 0.15) is 0 Å². The second-order valence-corrected chi connectivity index (χ2v) is 9.65. The Kier molecular flexibility index (Phi) is 6.29. The number of anilines is 3. The van der Waals surface area contributed by atoms with Gasteiger partial charge in [-0.15, -0.1) is 5.10 Å². The number of fused-ring (bicyclic) bond motifs is 1. The van der Waals surface area contributed by atoms with E-state index in [9.17, 15) is 0 Å². The van der Waals surface area contributed by atoms with Gasteiger partial charge < -0.3 is 15.0 Å². The molecular weight excluding hydrogens is 460 g/mol. The Bertz CT molecular complexity index is 1300. The molecule has 0 radical (unpaired) electrons. The number of morpholine rings is 1. The topological polar surface area (TPSA) is 57.9 Å². The van der Waals surface area contributed by atoms with Crippen LogP contribution in [0.3, 0.4) is 0 Å². The third kappa shape index (κ3) is 4.85. The first-order valence-corrected chi connectivity index (χ1v) is 12.7. The first kappa shape index (κ1) is 22.3. The number of nitrogens with zero attached hydrogens (tertiary/aromatic N) is 5. The minimum atomic E-state index is 0.551. The Morgan fingerprint density at radius 2 is 1.83 bits per heavy atom. The molecular formula is C27H29ClN6O. The SMILES string of the molecule is Clc1cccc(-c2ccc3cnc(Nc4ccc(N5CCCC(N6CCOCC6)C5)cc4)nn23)c1. The molecule has 8 heteroatoms. The molecule has 6 rings (SSSR count).